The highest BCUT2D eigenvalue weighted by Crippen LogP contribution is 2.20. The van der Waals surface area contributed by atoms with Crippen LogP contribution in [0, 0.1) is 17.0 Å². The number of nitrogens with zero attached hydrogens (tertiary/aromatic N) is 1. The number of hydrogen-bond donors (Lipinski definition) is 2. The molecule has 0 saturated carbocycles. The molecular formula is C11H16N2O3. The van der Waals surface area contributed by atoms with Gasteiger partial charge in [-0.1, -0.05) is 12.1 Å². The molecule has 0 radical (unpaired) electrons. The summed E-state index contributed by atoms with van der Waals surface area (Å²) >= 11 is 0. The van der Waals surface area contributed by atoms with E-state index < -0.39 is 0 Å². The zero-order valence-electron chi connectivity index (χ0n) is 9.27. The summed E-state index contributed by atoms with van der Waals surface area (Å²) < 4.78 is 0. The van der Waals surface area contributed by atoms with Gasteiger partial charge in [-0.25, -0.2) is 0 Å². The van der Waals surface area contributed by atoms with Gasteiger partial charge in [-0.3, -0.25) is 10.1 Å². The highest BCUT2D eigenvalue weighted by molar-refractivity contribution is 5.44. The molecule has 0 atom stereocenters. The zero-order chi connectivity index (χ0) is 12.0. The van der Waals surface area contributed by atoms with E-state index >= 15 is 0 Å². The van der Waals surface area contributed by atoms with Crippen molar-refractivity contribution in [2.45, 2.75) is 19.9 Å². The van der Waals surface area contributed by atoms with Crippen molar-refractivity contribution in [3.63, 3.8) is 0 Å². The van der Waals surface area contributed by atoms with Crippen molar-refractivity contribution in [2.75, 3.05) is 13.2 Å². The summed E-state index contributed by atoms with van der Waals surface area (Å²) in [7, 11) is 0. The SMILES string of the molecule is Cc1c(CNCCCO)cccc1[N+](=O)[O-]. The van der Waals surface area contributed by atoms with Crippen molar-refractivity contribution in [3.05, 3.63) is 39.4 Å². The first-order valence-electron chi connectivity index (χ1n) is 5.21. The van der Waals surface area contributed by atoms with Gasteiger partial charge in [0.1, 0.15) is 0 Å². The minimum atomic E-state index is -0.368. The molecule has 0 fully saturated rings. The summed E-state index contributed by atoms with van der Waals surface area (Å²) in [5.74, 6) is 0. The maximum atomic E-state index is 10.7. The molecule has 0 aromatic heterocycles. The van der Waals surface area contributed by atoms with E-state index in [1.165, 1.54) is 6.07 Å². The molecule has 1 aromatic carbocycles. The summed E-state index contributed by atoms with van der Waals surface area (Å²) in [5.41, 5.74) is 1.78. The molecule has 88 valence electrons. The van der Waals surface area contributed by atoms with Crippen LogP contribution < -0.4 is 5.32 Å². The number of nitro benzene ring substituents is 1. The third kappa shape index (κ3) is 3.29. The largest absolute Gasteiger partial charge is 0.396 e. The Morgan fingerprint density at radius 1 is 1.50 bits per heavy atom. The number of aliphatic hydroxyl groups is 1. The van der Waals surface area contributed by atoms with Gasteiger partial charge in [0.25, 0.3) is 5.69 Å². The van der Waals surface area contributed by atoms with Gasteiger partial charge < -0.3 is 10.4 Å². The molecule has 1 rings (SSSR count). The fourth-order valence-electron chi connectivity index (χ4n) is 1.49. The topological polar surface area (TPSA) is 75.4 Å². The van der Waals surface area contributed by atoms with E-state index in [-0.39, 0.29) is 17.2 Å². The molecule has 16 heavy (non-hydrogen) atoms. The first-order valence-corrected chi connectivity index (χ1v) is 5.21. The molecule has 5 nitrogen and oxygen atoms in total. The lowest BCUT2D eigenvalue weighted by molar-refractivity contribution is -0.385. The Balaban J connectivity index is 2.66. The average Bonchev–Trinajstić information content (AvgIpc) is 2.26. The van der Waals surface area contributed by atoms with E-state index in [0.29, 0.717) is 25.1 Å². The van der Waals surface area contributed by atoms with E-state index in [1.807, 2.05) is 6.07 Å². The van der Waals surface area contributed by atoms with Crippen LogP contribution in [0.4, 0.5) is 5.69 Å². The van der Waals surface area contributed by atoms with Gasteiger partial charge in [0.05, 0.1) is 4.92 Å². The Morgan fingerprint density at radius 2 is 2.25 bits per heavy atom. The van der Waals surface area contributed by atoms with Crippen LogP contribution in [0.1, 0.15) is 17.5 Å². The van der Waals surface area contributed by atoms with Crippen molar-refractivity contribution < 1.29 is 10.0 Å². The van der Waals surface area contributed by atoms with Gasteiger partial charge in [0, 0.05) is 24.8 Å². The molecule has 0 amide bonds. The first kappa shape index (κ1) is 12.6. The van der Waals surface area contributed by atoms with Crippen molar-refractivity contribution in [3.8, 4) is 0 Å². The van der Waals surface area contributed by atoms with E-state index in [2.05, 4.69) is 5.32 Å². The third-order valence-corrected chi connectivity index (χ3v) is 2.44. The fraction of sp³-hybridized carbons (Fsp3) is 0.455. The van der Waals surface area contributed by atoms with Crippen LogP contribution >= 0.6 is 0 Å². The summed E-state index contributed by atoms with van der Waals surface area (Å²) in [6.07, 6.45) is 0.688. The number of nitro groups is 1. The number of hydrogen-bond acceptors (Lipinski definition) is 4. The van der Waals surface area contributed by atoms with Crippen LogP contribution in [-0.2, 0) is 6.54 Å². The lowest BCUT2D eigenvalue weighted by Gasteiger charge is -2.07. The molecule has 5 heteroatoms. The van der Waals surface area contributed by atoms with Gasteiger partial charge >= 0.3 is 0 Å². The minimum Gasteiger partial charge on any atom is -0.396 e. The minimum absolute atomic E-state index is 0.154. The zero-order valence-corrected chi connectivity index (χ0v) is 9.27. The Kier molecular flexibility index (Phi) is 4.88. The van der Waals surface area contributed by atoms with E-state index in [0.717, 1.165) is 5.56 Å². The summed E-state index contributed by atoms with van der Waals surface area (Å²) in [4.78, 5) is 10.3. The number of benzene rings is 1. The quantitative estimate of drug-likeness (QED) is 0.435. The van der Waals surface area contributed by atoms with Crippen LogP contribution in [0.5, 0.6) is 0 Å². The van der Waals surface area contributed by atoms with Gasteiger partial charge in [0.15, 0.2) is 0 Å². The summed E-state index contributed by atoms with van der Waals surface area (Å²) in [6.45, 7) is 3.20. The molecule has 2 N–H and O–H groups in total. The van der Waals surface area contributed by atoms with Gasteiger partial charge in [-0.2, -0.15) is 0 Å². The molecule has 0 heterocycles. The number of nitrogens with one attached hydrogen (secondary N) is 1. The molecule has 0 aliphatic heterocycles. The fourth-order valence-corrected chi connectivity index (χ4v) is 1.49. The normalized spacial score (nSPS) is 10.4. The van der Waals surface area contributed by atoms with Gasteiger partial charge in [0.2, 0.25) is 0 Å². The Bertz CT molecular complexity index is 366. The molecule has 0 bridgehead atoms. The first-order chi connectivity index (χ1) is 7.66. The van der Waals surface area contributed by atoms with Crippen molar-refractivity contribution in [2.24, 2.45) is 0 Å². The molecule has 0 aliphatic carbocycles. The number of aliphatic hydroxyl groups excluding tert-OH is 1. The Morgan fingerprint density at radius 3 is 2.88 bits per heavy atom. The second-order valence-corrected chi connectivity index (χ2v) is 3.57. The monoisotopic (exact) mass is 224 g/mol. The number of rotatable bonds is 6. The van der Waals surface area contributed by atoms with Gasteiger partial charge in [-0.05, 0) is 25.5 Å². The maximum Gasteiger partial charge on any atom is 0.272 e. The van der Waals surface area contributed by atoms with Crippen LogP contribution in [0.2, 0.25) is 0 Å². The van der Waals surface area contributed by atoms with E-state index in [1.54, 1.807) is 13.0 Å². The van der Waals surface area contributed by atoms with Crippen LogP contribution in [0.3, 0.4) is 0 Å². The predicted octanol–water partition coefficient (Wildman–Crippen LogP) is 1.38. The molecular weight excluding hydrogens is 208 g/mol. The van der Waals surface area contributed by atoms with Crippen molar-refractivity contribution in [1.29, 1.82) is 0 Å². The lowest BCUT2D eigenvalue weighted by atomic mass is 10.1. The highest BCUT2D eigenvalue weighted by atomic mass is 16.6. The standard InChI is InChI=1S/C11H16N2O3/c1-9-10(8-12-6-3-7-14)4-2-5-11(9)13(15)16/h2,4-5,12,14H,3,6-8H2,1H3. The maximum absolute atomic E-state index is 10.7. The third-order valence-electron chi connectivity index (χ3n) is 2.44. The van der Waals surface area contributed by atoms with E-state index in [4.69, 9.17) is 5.11 Å². The Hall–Kier alpha value is -1.46. The summed E-state index contributed by atoms with van der Waals surface area (Å²) in [6, 6.07) is 5.06. The molecule has 1 aromatic rings. The van der Waals surface area contributed by atoms with E-state index in [9.17, 15) is 10.1 Å². The second kappa shape index (κ2) is 6.19. The van der Waals surface area contributed by atoms with Crippen LogP contribution in [0.25, 0.3) is 0 Å². The highest BCUT2D eigenvalue weighted by Gasteiger charge is 2.12. The Labute approximate surface area is 94.3 Å². The smallest absolute Gasteiger partial charge is 0.272 e. The molecule has 0 unspecified atom stereocenters. The second-order valence-electron chi connectivity index (χ2n) is 3.57. The lowest BCUT2D eigenvalue weighted by Crippen LogP contribution is -2.16. The van der Waals surface area contributed by atoms with Crippen molar-refractivity contribution >= 4 is 5.69 Å². The van der Waals surface area contributed by atoms with Crippen LogP contribution in [0.15, 0.2) is 18.2 Å². The van der Waals surface area contributed by atoms with Crippen LogP contribution in [-0.4, -0.2) is 23.2 Å². The average molecular weight is 224 g/mol. The molecule has 0 aliphatic rings. The molecule has 0 spiro atoms. The van der Waals surface area contributed by atoms with Crippen molar-refractivity contribution in [1.82, 2.24) is 5.32 Å². The van der Waals surface area contributed by atoms with Gasteiger partial charge in [-0.15, -0.1) is 0 Å². The molecule has 0 saturated heterocycles. The predicted molar refractivity (Wildman–Crippen MR) is 61.2 cm³/mol. The summed E-state index contributed by atoms with van der Waals surface area (Å²) in [5, 5.41) is 22.4.